The number of aromatic nitrogens is 2. The van der Waals surface area contributed by atoms with Gasteiger partial charge in [-0.1, -0.05) is 26.8 Å². The van der Waals surface area contributed by atoms with Gasteiger partial charge in [0.25, 0.3) is 5.91 Å². The summed E-state index contributed by atoms with van der Waals surface area (Å²) < 4.78 is 1.55. The van der Waals surface area contributed by atoms with Crippen molar-refractivity contribution in [3.8, 4) is 0 Å². The first-order valence-corrected chi connectivity index (χ1v) is 7.56. The Morgan fingerprint density at radius 1 is 1.38 bits per heavy atom. The van der Waals surface area contributed by atoms with Crippen LogP contribution in [0.1, 0.15) is 46.6 Å². The first kappa shape index (κ1) is 15.4. The van der Waals surface area contributed by atoms with Crippen molar-refractivity contribution >= 4 is 23.0 Å². The van der Waals surface area contributed by atoms with E-state index in [-0.39, 0.29) is 23.7 Å². The fraction of sp³-hybridized carbons (Fsp3) is 0.400. The molecule has 0 aliphatic heterocycles. The molecule has 5 nitrogen and oxygen atoms in total. The van der Waals surface area contributed by atoms with E-state index >= 15 is 0 Å². The zero-order valence-corrected chi connectivity index (χ0v) is 13.5. The number of carbonyl (C=O) groups is 2. The second-order valence-corrected chi connectivity index (χ2v) is 6.82. The highest BCUT2D eigenvalue weighted by molar-refractivity contribution is 7.12. The molecular formula is C15H19N3O2S. The van der Waals surface area contributed by atoms with Gasteiger partial charge in [0, 0.05) is 12.5 Å². The Hall–Kier alpha value is -1.95. The number of amides is 1. The highest BCUT2D eigenvalue weighted by Crippen LogP contribution is 2.21. The third-order valence-electron chi connectivity index (χ3n) is 3.09. The fourth-order valence-corrected chi connectivity index (χ4v) is 2.49. The molecule has 0 saturated heterocycles. The Morgan fingerprint density at radius 3 is 2.62 bits per heavy atom. The molecule has 0 spiro atoms. The number of thiophene rings is 1. The Bertz CT molecular complexity index is 651. The van der Waals surface area contributed by atoms with Gasteiger partial charge in [-0.3, -0.25) is 14.3 Å². The Labute approximate surface area is 128 Å². The summed E-state index contributed by atoms with van der Waals surface area (Å²) in [7, 11) is 1.73. The molecular weight excluding hydrogens is 286 g/mol. The summed E-state index contributed by atoms with van der Waals surface area (Å²) in [5.41, 5.74) is 1.18. The van der Waals surface area contributed by atoms with Crippen molar-refractivity contribution in [2.45, 2.75) is 26.2 Å². The zero-order chi connectivity index (χ0) is 15.6. The van der Waals surface area contributed by atoms with Crippen LogP contribution in [0.2, 0.25) is 0 Å². The molecule has 0 atom stereocenters. The highest BCUT2D eigenvalue weighted by atomic mass is 32.1. The quantitative estimate of drug-likeness (QED) is 0.882. The van der Waals surface area contributed by atoms with Crippen molar-refractivity contribution in [2.75, 3.05) is 6.54 Å². The van der Waals surface area contributed by atoms with Gasteiger partial charge < -0.3 is 5.32 Å². The summed E-state index contributed by atoms with van der Waals surface area (Å²) in [6, 6.07) is 5.34. The Balaban J connectivity index is 2.04. The summed E-state index contributed by atoms with van der Waals surface area (Å²) in [5.74, 6) is -0.373. The maximum atomic E-state index is 12.2. The van der Waals surface area contributed by atoms with E-state index in [4.69, 9.17) is 0 Å². The van der Waals surface area contributed by atoms with Crippen LogP contribution in [-0.4, -0.2) is 28.0 Å². The van der Waals surface area contributed by atoms with Crippen LogP contribution in [0.5, 0.6) is 0 Å². The minimum atomic E-state index is -0.287. The van der Waals surface area contributed by atoms with Crippen LogP contribution < -0.4 is 5.32 Å². The van der Waals surface area contributed by atoms with E-state index in [1.165, 1.54) is 11.3 Å². The lowest BCUT2D eigenvalue weighted by Gasteiger charge is -2.13. The number of hydrogen-bond donors (Lipinski definition) is 1. The normalized spacial score (nSPS) is 11.4. The number of hydrogen-bond acceptors (Lipinski definition) is 4. The number of nitrogens with zero attached hydrogens (tertiary/aromatic N) is 2. The van der Waals surface area contributed by atoms with Crippen LogP contribution in [-0.2, 0) is 12.5 Å². The topological polar surface area (TPSA) is 64.0 Å². The van der Waals surface area contributed by atoms with Crippen molar-refractivity contribution in [3.05, 3.63) is 39.8 Å². The zero-order valence-electron chi connectivity index (χ0n) is 12.6. The van der Waals surface area contributed by atoms with E-state index in [2.05, 4.69) is 10.4 Å². The smallest absolute Gasteiger partial charge is 0.269 e. The predicted molar refractivity (Wildman–Crippen MR) is 82.9 cm³/mol. The van der Waals surface area contributed by atoms with Gasteiger partial charge in [-0.05, 0) is 17.5 Å². The van der Waals surface area contributed by atoms with Crippen molar-refractivity contribution in [3.63, 3.8) is 0 Å². The van der Waals surface area contributed by atoms with Crippen LogP contribution in [0.15, 0.2) is 23.6 Å². The molecule has 1 N–H and O–H groups in total. The first-order valence-electron chi connectivity index (χ1n) is 6.68. The molecule has 1 amide bonds. The first-order chi connectivity index (χ1) is 9.79. The second-order valence-electron chi connectivity index (χ2n) is 5.87. The average Bonchev–Trinajstić information content (AvgIpc) is 3.03. The van der Waals surface area contributed by atoms with Gasteiger partial charge in [0.2, 0.25) is 0 Å². The summed E-state index contributed by atoms with van der Waals surface area (Å²) >= 11 is 1.37. The van der Waals surface area contributed by atoms with Crippen molar-refractivity contribution in [2.24, 2.45) is 7.05 Å². The van der Waals surface area contributed by atoms with Gasteiger partial charge in [-0.25, -0.2) is 0 Å². The van der Waals surface area contributed by atoms with Gasteiger partial charge in [0.05, 0.1) is 17.1 Å². The maximum absolute atomic E-state index is 12.2. The Kier molecular flexibility index (Phi) is 4.27. The molecule has 0 bridgehead atoms. The molecule has 2 rings (SSSR count). The molecule has 0 aliphatic rings. The number of ketones is 1. The molecule has 2 aromatic heterocycles. The average molecular weight is 305 g/mol. The number of Topliss-reactive ketones (excluding diaryl/α,β-unsaturated/α-hetero) is 1. The SMILES string of the molecule is Cn1nc(C(C)(C)C)cc1C(=O)NCC(=O)c1cccs1. The number of aryl methyl sites for hydroxylation is 1. The predicted octanol–water partition coefficient (Wildman–Crippen LogP) is 2.39. The molecule has 6 heteroatoms. The summed E-state index contributed by atoms with van der Waals surface area (Å²) in [6.45, 7) is 6.11. The largest absolute Gasteiger partial charge is 0.343 e. The number of rotatable bonds is 4. The molecule has 0 radical (unpaired) electrons. The van der Waals surface area contributed by atoms with Crippen molar-refractivity contribution in [1.29, 1.82) is 0 Å². The highest BCUT2D eigenvalue weighted by Gasteiger charge is 2.22. The van der Waals surface area contributed by atoms with Gasteiger partial charge in [-0.2, -0.15) is 5.10 Å². The summed E-state index contributed by atoms with van der Waals surface area (Å²) in [4.78, 5) is 24.7. The minimum Gasteiger partial charge on any atom is -0.343 e. The van der Waals surface area contributed by atoms with Crippen LogP contribution in [0.25, 0.3) is 0 Å². The number of carbonyl (C=O) groups excluding carboxylic acids is 2. The van der Waals surface area contributed by atoms with Crippen molar-refractivity contribution in [1.82, 2.24) is 15.1 Å². The van der Waals surface area contributed by atoms with Gasteiger partial charge in [0.15, 0.2) is 5.78 Å². The maximum Gasteiger partial charge on any atom is 0.269 e. The van der Waals surface area contributed by atoms with Crippen LogP contribution in [0.4, 0.5) is 0 Å². The summed E-state index contributed by atoms with van der Waals surface area (Å²) in [5, 5.41) is 8.84. The second kappa shape index (κ2) is 5.81. The van der Waals surface area contributed by atoms with Crippen molar-refractivity contribution < 1.29 is 9.59 Å². The lowest BCUT2D eigenvalue weighted by atomic mass is 9.92. The van der Waals surface area contributed by atoms with Gasteiger partial charge in [-0.15, -0.1) is 11.3 Å². The summed E-state index contributed by atoms with van der Waals surface area (Å²) in [6.07, 6.45) is 0. The third-order valence-corrected chi connectivity index (χ3v) is 4.00. The lowest BCUT2D eigenvalue weighted by molar-refractivity contribution is 0.0899. The van der Waals surface area contributed by atoms with Gasteiger partial charge in [0.1, 0.15) is 5.69 Å². The number of nitrogens with one attached hydrogen (secondary N) is 1. The van der Waals surface area contributed by atoms with Crippen LogP contribution in [0.3, 0.4) is 0 Å². The lowest BCUT2D eigenvalue weighted by Crippen LogP contribution is -2.30. The standard InChI is InChI=1S/C15H19N3O2S/c1-15(2,3)13-8-10(18(4)17-13)14(20)16-9-11(19)12-6-5-7-21-12/h5-8H,9H2,1-4H3,(H,16,20). The van der Waals surface area contributed by atoms with E-state index in [1.54, 1.807) is 23.9 Å². The molecule has 2 aromatic rings. The molecule has 2 heterocycles. The molecule has 0 unspecified atom stereocenters. The molecule has 0 saturated carbocycles. The van der Waals surface area contributed by atoms with E-state index < -0.39 is 0 Å². The van der Waals surface area contributed by atoms with Crippen LogP contribution in [0, 0.1) is 0 Å². The fourth-order valence-electron chi connectivity index (χ4n) is 1.82. The Morgan fingerprint density at radius 2 is 2.10 bits per heavy atom. The van der Waals surface area contributed by atoms with Crippen LogP contribution >= 0.6 is 11.3 Å². The van der Waals surface area contributed by atoms with Gasteiger partial charge >= 0.3 is 0 Å². The van der Waals surface area contributed by atoms with E-state index in [1.807, 2.05) is 32.2 Å². The van der Waals surface area contributed by atoms with E-state index in [0.717, 1.165) is 5.69 Å². The molecule has 0 aromatic carbocycles. The molecule has 112 valence electrons. The molecule has 0 fully saturated rings. The third kappa shape index (κ3) is 3.58. The monoisotopic (exact) mass is 305 g/mol. The molecule has 21 heavy (non-hydrogen) atoms. The molecule has 0 aliphatic carbocycles. The van der Waals surface area contributed by atoms with E-state index in [9.17, 15) is 9.59 Å². The van der Waals surface area contributed by atoms with E-state index in [0.29, 0.717) is 10.6 Å². The minimum absolute atomic E-state index is 0.00459.